The van der Waals surface area contributed by atoms with Gasteiger partial charge in [-0.1, -0.05) is 6.07 Å². The Labute approximate surface area is 174 Å². The van der Waals surface area contributed by atoms with Crippen molar-refractivity contribution in [1.29, 1.82) is 0 Å². The number of nitrogens with zero attached hydrogens (tertiary/aromatic N) is 3. The summed E-state index contributed by atoms with van der Waals surface area (Å²) in [6.45, 7) is 1.23. The number of piperidine rings is 1. The molecule has 2 N–H and O–H groups in total. The number of anilines is 1. The quantitative estimate of drug-likeness (QED) is 0.782. The van der Waals surface area contributed by atoms with Gasteiger partial charge in [-0.05, 0) is 50.2 Å². The Morgan fingerprint density at radius 2 is 1.97 bits per heavy atom. The monoisotopic (exact) mass is 423 g/mol. The van der Waals surface area contributed by atoms with Crippen LogP contribution in [-0.2, 0) is 4.79 Å². The molecule has 9 heteroatoms. The Kier molecular flexibility index (Phi) is 5.13. The van der Waals surface area contributed by atoms with Crippen molar-refractivity contribution in [2.75, 3.05) is 31.1 Å². The number of pyridine rings is 1. The van der Waals surface area contributed by atoms with E-state index < -0.39 is 24.7 Å². The van der Waals surface area contributed by atoms with Gasteiger partial charge in [0.1, 0.15) is 12.4 Å². The molecule has 4 heterocycles. The summed E-state index contributed by atoms with van der Waals surface area (Å²) in [5, 5.41) is 0. The molecule has 0 bridgehead atoms. The fraction of sp³-hybridized carbons (Fsp3) is 0.714. The van der Waals surface area contributed by atoms with Gasteiger partial charge in [0.2, 0.25) is 5.91 Å². The third-order valence-electron chi connectivity index (χ3n) is 7.31. The minimum Gasteiger partial charge on any atom is -0.357 e. The highest BCUT2D eigenvalue weighted by molar-refractivity contribution is 5.82. The minimum atomic E-state index is -4.40. The molecular weight excluding hydrogens is 395 g/mol. The number of hydrogen-bond donors (Lipinski definition) is 2. The van der Waals surface area contributed by atoms with Gasteiger partial charge < -0.3 is 9.80 Å². The van der Waals surface area contributed by atoms with E-state index in [2.05, 4.69) is 15.8 Å². The number of nitrogens with one attached hydrogen (secondary N) is 2. The van der Waals surface area contributed by atoms with E-state index in [9.17, 15) is 18.0 Å². The zero-order valence-corrected chi connectivity index (χ0v) is 16.9. The smallest absolute Gasteiger partial charge is 0.357 e. The van der Waals surface area contributed by atoms with Crippen molar-refractivity contribution in [3.8, 4) is 0 Å². The van der Waals surface area contributed by atoms with Crippen LogP contribution < -0.4 is 15.8 Å². The van der Waals surface area contributed by atoms with E-state index in [-0.39, 0.29) is 23.8 Å². The molecule has 0 radical (unpaired) electrons. The van der Waals surface area contributed by atoms with Gasteiger partial charge >= 0.3 is 6.18 Å². The Morgan fingerprint density at radius 3 is 2.73 bits per heavy atom. The number of aromatic nitrogens is 1. The van der Waals surface area contributed by atoms with Crippen LogP contribution in [0.5, 0.6) is 0 Å². The molecule has 3 aliphatic heterocycles. The molecule has 5 rings (SSSR count). The van der Waals surface area contributed by atoms with Gasteiger partial charge in [-0.3, -0.25) is 15.6 Å². The first-order valence-electron chi connectivity index (χ1n) is 11.0. The van der Waals surface area contributed by atoms with Crippen molar-refractivity contribution in [1.82, 2.24) is 20.7 Å². The number of carbonyl (C=O) groups excluding carboxylic acids is 1. The van der Waals surface area contributed by atoms with Crippen molar-refractivity contribution < 1.29 is 18.0 Å². The van der Waals surface area contributed by atoms with Crippen LogP contribution >= 0.6 is 0 Å². The lowest BCUT2D eigenvalue weighted by Gasteiger charge is -2.50. The fourth-order valence-corrected chi connectivity index (χ4v) is 5.93. The molecule has 5 atom stereocenters. The fourth-order valence-electron chi connectivity index (χ4n) is 5.93. The minimum absolute atomic E-state index is 0.0306. The number of alkyl halides is 3. The Hall–Kier alpha value is -1.87. The van der Waals surface area contributed by atoms with Crippen LogP contribution in [0.15, 0.2) is 18.2 Å². The second-order valence-electron chi connectivity index (χ2n) is 9.09. The summed E-state index contributed by atoms with van der Waals surface area (Å²) in [6, 6.07) is 5.50. The lowest BCUT2D eigenvalue weighted by atomic mass is 9.68. The second-order valence-corrected chi connectivity index (χ2v) is 9.09. The molecule has 5 unspecified atom stereocenters. The lowest BCUT2D eigenvalue weighted by Crippen LogP contribution is -2.63. The van der Waals surface area contributed by atoms with Gasteiger partial charge in [0.25, 0.3) is 0 Å². The SMILES string of the molecule is O=C1C2CNNC2C2CCC(c3cccc(N4CCCC4)n3)CC2N1CC(F)(F)F. The molecule has 6 nitrogen and oxygen atoms in total. The number of fused-ring (bicyclic) bond motifs is 3. The van der Waals surface area contributed by atoms with Gasteiger partial charge in [0.05, 0.1) is 5.92 Å². The molecular formula is C21H28F3N5O. The standard InChI is InChI=1S/C21H28F3N5O/c22-21(23,24)12-29-17-10-13(6-7-14(17)19-15(20(29)30)11-25-27-19)16-4-3-5-18(26-16)28-8-1-2-9-28/h3-5,13-15,17,19,25,27H,1-2,6-12H2. The maximum Gasteiger partial charge on any atom is 0.406 e. The molecule has 4 fully saturated rings. The molecule has 4 aliphatic rings. The third-order valence-corrected chi connectivity index (χ3v) is 7.31. The van der Waals surface area contributed by atoms with Gasteiger partial charge in [-0.15, -0.1) is 0 Å². The number of likely N-dealkylation sites (tertiary alicyclic amines) is 1. The van der Waals surface area contributed by atoms with Crippen LogP contribution in [0, 0.1) is 11.8 Å². The number of hydrazine groups is 1. The van der Waals surface area contributed by atoms with Crippen molar-refractivity contribution in [2.45, 2.75) is 56.3 Å². The number of hydrogen-bond acceptors (Lipinski definition) is 5. The van der Waals surface area contributed by atoms with E-state index in [1.807, 2.05) is 18.2 Å². The first-order valence-corrected chi connectivity index (χ1v) is 11.0. The van der Waals surface area contributed by atoms with Crippen LogP contribution in [0.1, 0.15) is 43.7 Å². The van der Waals surface area contributed by atoms with Crippen molar-refractivity contribution in [3.05, 3.63) is 23.9 Å². The van der Waals surface area contributed by atoms with Gasteiger partial charge in [-0.2, -0.15) is 13.2 Å². The molecule has 1 aromatic heterocycles. The average Bonchev–Trinajstić information content (AvgIpc) is 3.42. The third kappa shape index (κ3) is 3.66. The molecule has 30 heavy (non-hydrogen) atoms. The zero-order valence-electron chi connectivity index (χ0n) is 16.9. The maximum atomic E-state index is 13.3. The largest absolute Gasteiger partial charge is 0.406 e. The van der Waals surface area contributed by atoms with E-state index in [1.54, 1.807) is 0 Å². The Bertz CT molecular complexity index is 797. The van der Waals surface area contributed by atoms with Crippen molar-refractivity contribution in [2.24, 2.45) is 11.8 Å². The van der Waals surface area contributed by atoms with Crippen LogP contribution in [-0.4, -0.2) is 60.2 Å². The highest BCUT2D eigenvalue weighted by atomic mass is 19.4. The molecule has 1 aliphatic carbocycles. The van der Waals surface area contributed by atoms with Gasteiger partial charge in [0, 0.05) is 43.3 Å². The molecule has 1 aromatic rings. The Balaban J connectivity index is 1.40. The predicted octanol–water partition coefficient (Wildman–Crippen LogP) is 2.43. The van der Waals surface area contributed by atoms with E-state index in [0.717, 1.165) is 55.2 Å². The lowest BCUT2D eigenvalue weighted by molar-refractivity contribution is -0.178. The molecule has 164 valence electrons. The maximum absolute atomic E-state index is 13.3. The van der Waals surface area contributed by atoms with Crippen LogP contribution in [0.3, 0.4) is 0 Å². The summed E-state index contributed by atoms with van der Waals surface area (Å²) in [4.78, 5) is 21.2. The van der Waals surface area contributed by atoms with Crippen molar-refractivity contribution in [3.63, 3.8) is 0 Å². The summed E-state index contributed by atoms with van der Waals surface area (Å²) >= 11 is 0. The summed E-state index contributed by atoms with van der Waals surface area (Å²) in [5.74, 6) is 0.268. The van der Waals surface area contributed by atoms with E-state index in [4.69, 9.17) is 4.98 Å². The van der Waals surface area contributed by atoms with E-state index in [0.29, 0.717) is 13.0 Å². The van der Waals surface area contributed by atoms with Crippen LogP contribution in [0.4, 0.5) is 19.0 Å². The molecule has 3 saturated heterocycles. The summed E-state index contributed by atoms with van der Waals surface area (Å²) in [5.41, 5.74) is 7.11. The molecule has 0 aromatic carbocycles. The summed E-state index contributed by atoms with van der Waals surface area (Å²) in [7, 11) is 0. The predicted molar refractivity (Wildman–Crippen MR) is 106 cm³/mol. The van der Waals surface area contributed by atoms with E-state index in [1.165, 1.54) is 0 Å². The topological polar surface area (TPSA) is 60.5 Å². The molecule has 1 saturated carbocycles. The first-order chi connectivity index (χ1) is 14.4. The first kappa shape index (κ1) is 20.1. The highest BCUT2D eigenvalue weighted by Gasteiger charge is 2.54. The van der Waals surface area contributed by atoms with Gasteiger partial charge in [-0.25, -0.2) is 4.98 Å². The van der Waals surface area contributed by atoms with Gasteiger partial charge in [0.15, 0.2) is 0 Å². The number of halogens is 3. The summed E-state index contributed by atoms with van der Waals surface area (Å²) in [6.07, 6.45) is 0.147. The van der Waals surface area contributed by atoms with E-state index >= 15 is 0 Å². The number of carbonyl (C=O) groups is 1. The van der Waals surface area contributed by atoms with Crippen LogP contribution in [0.2, 0.25) is 0 Å². The number of rotatable bonds is 3. The van der Waals surface area contributed by atoms with Crippen LogP contribution in [0.25, 0.3) is 0 Å². The average molecular weight is 423 g/mol. The summed E-state index contributed by atoms with van der Waals surface area (Å²) < 4.78 is 40.0. The molecule has 0 spiro atoms. The second kappa shape index (κ2) is 7.67. The highest BCUT2D eigenvalue weighted by Crippen LogP contribution is 2.45. The molecule has 1 amide bonds. The Morgan fingerprint density at radius 1 is 1.17 bits per heavy atom. The normalized spacial score (nSPS) is 34.2. The van der Waals surface area contributed by atoms with Crippen molar-refractivity contribution >= 4 is 11.7 Å². The zero-order chi connectivity index (χ0) is 20.9. The number of amides is 1.